The van der Waals surface area contributed by atoms with Crippen LogP contribution in [0, 0.1) is 17.3 Å². The maximum absolute atomic E-state index is 12.1. The molecular formula is C13H22N2O2. The first-order valence-corrected chi connectivity index (χ1v) is 5.86. The van der Waals surface area contributed by atoms with Crippen molar-refractivity contribution in [1.29, 1.82) is 0 Å². The lowest BCUT2D eigenvalue weighted by molar-refractivity contribution is -0.135. The Balaban J connectivity index is 2.72. The van der Waals surface area contributed by atoms with E-state index in [4.69, 9.17) is 5.73 Å². The average molecular weight is 238 g/mol. The zero-order chi connectivity index (χ0) is 13.4. The van der Waals surface area contributed by atoms with Crippen LogP contribution in [-0.4, -0.2) is 30.3 Å². The Morgan fingerprint density at radius 3 is 2.29 bits per heavy atom. The number of hydrogen-bond donors (Lipinski definition) is 1. The first-order valence-electron chi connectivity index (χ1n) is 5.86. The van der Waals surface area contributed by atoms with Gasteiger partial charge in [0.1, 0.15) is 0 Å². The average Bonchev–Trinajstić information content (AvgIpc) is 2.64. The number of nitrogens with two attached hydrogens (primary N) is 1. The van der Waals surface area contributed by atoms with Gasteiger partial charge in [-0.1, -0.05) is 25.5 Å². The minimum absolute atomic E-state index is 0.00699. The summed E-state index contributed by atoms with van der Waals surface area (Å²) in [5.41, 5.74) is 6.29. The van der Waals surface area contributed by atoms with Gasteiger partial charge >= 0.3 is 0 Å². The third kappa shape index (κ3) is 2.87. The largest absolute Gasteiger partial charge is 0.368 e. The predicted molar refractivity (Wildman–Crippen MR) is 67.0 cm³/mol. The van der Waals surface area contributed by atoms with Gasteiger partial charge in [0.05, 0.1) is 12.5 Å². The molecule has 0 spiro atoms. The van der Waals surface area contributed by atoms with Crippen molar-refractivity contribution in [2.24, 2.45) is 23.0 Å². The molecule has 0 radical (unpaired) electrons. The van der Waals surface area contributed by atoms with Gasteiger partial charge in [0.15, 0.2) is 0 Å². The van der Waals surface area contributed by atoms with Gasteiger partial charge in [0.25, 0.3) is 0 Å². The van der Waals surface area contributed by atoms with Gasteiger partial charge in [0.2, 0.25) is 11.8 Å². The van der Waals surface area contributed by atoms with Crippen LogP contribution in [-0.2, 0) is 9.59 Å². The minimum atomic E-state index is -0.474. The van der Waals surface area contributed by atoms with Crippen molar-refractivity contribution < 1.29 is 9.59 Å². The van der Waals surface area contributed by atoms with E-state index in [0.29, 0.717) is 0 Å². The van der Waals surface area contributed by atoms with E-state index in [2.05, 4.69) is 19.9 Å². The summed E-state index contributed by atoms with van der Waals surface area (Å²) >= 11 is 0. The van der Waals surface area contributed by atoms with Crippen LogP contribution in [0.3, 0.4) is 0 Å². The molecule has 0 aromatic rings. The number of carbonyl (C=O) groups excluding carboxylic acids is 2. The molecule has 4 heteroatoms. The van der Waals surface area contributed by atoms with Crippen LogP contribution >= 0.6 is 0 Å². The third-order valence-electron chi connectivity index (χ3n) is 3.46. The Hall–Kier alpha value is -1.32. The normalized spacial score (nSPS) is 25.0. The number of nitrogens with zero attached hydrogens (tertiary/aromatic N) is 1. The predicted octanol–water partition coefficient (Wildman–Crippen LogP) is 1.17. The highest BCUT2D eigenvalue weighted by Gasteiger charge is 2.60. The van der Waals surface area contributed by atoms with Crippen molar-refractivity contribution in [2.45, 2.75) is 27.7 Å². The van der Waals surface area contributed by atoms with Crippen molar-refractivity contribution in [3.8, 4) is 0 Å². The molecule has 0 aliphatic heterocycles. The van der Waals surface area contributed by atoms with E-state index in [1.54, 1.807) is 7.05 Å². The molecule has 1 aliphatic carbocycles. The standard InChI is InChI=1S/C13H22N2O2/c1-8(2)6-9-11(13(9,3)4)12(17)15(5)7-10(14)16/h6,9,11H,7H2,1-5H3,(H2,14,16)/t9-,11-/m1/s1. The molecule has 1 saturated carbocycles. The molecule has 0 aromatic carbocycles. The summed E-state index contributed by atoms with van der Waals surface area (Å²) in [6.45, 7) is 8.22. The van der Waals surface area contributed by atoms with Crippen molar-refractivity contribution >= 4 is 11.8 Å². The van der Waals surface area contributed by atoms with Crippen LogP contribution in [0.1, 0.15) is 27.7 Å². The fourth-order valence-corrected chi connectivity index (χ4v) is 2.37. The highest BCUT2D eigenvalue weighted by molar-refractivity contribution is 5.87. The van der Waals surface area contributed by atoms with Crippen LogP contribution in [0.4, 0.5) is 0 Å². The highest BCUT2D eigenvalue weighted by Crippen LogP contribution is 2.59. The second-order valence-corrected chi connectivity index (χ2v) is 5.73. The monoisotopic (exact) mass is 238 g/mol. The molecule has 96 valence electrons. The summed E-state index contributed by atoms with van der Waals surface area (Å²) in [7, 11) is 1.63. The van der Waals surface area contributed by atoms with Crippen molar-refractivity contribution in [2.75, 3.05) is 13.6 Å². The SMILES string of the molecule is CC(C)=C[C@@H]1[C@H](C(=O)N(C)CC(N)=O)C1(C)C. The highest BCUT2D eigenvalue weighted by atomic mass is 16.2. The summed E-state index contributed by atoms with van der Waals surface area (Å²) in [5, 5.41) is 0. The van der Waals surface area contributed by atoms with Crippen molar-refractivity contribution in [3.63, 3.8) is 0 Å². The van der Waals surface area contributed by atoms with Gasteiger partial charge in [-0.3, -0.25) is 9.59 Å². The Morgan fingerprint density at radius 2 is 1.88 bits per heavy atom. The molecular weight excluding hydrogens is 216 g/mol. The van der Waals surface area contributed by atoms with E-state index in [-0.39, 0.29) is 29.7 Å². The molecule has 0 heterocycles. The molecule has 0 bridgehead atoms. The van der Waals surface area contributed by atoms with Gasteiger partial charge in [-0.15, -0.1) is 0 Å². The van der Waals surface area contributed by atoms with Crippen molar-refractivity contribution in [1.82, 2.24) is 4.90 Å². The topological polar surface area (TPSA) is 63.4 Å². The summed E-state index contributed by atoms with van der Waals surface area (Å²) in [4.78, 5) is 24.4. The lowest BCUT2D eigenvalue weighted by Gasteiger charge is -2.15. The van der Waals surface area contributed by atoms with Gasteiger partial charge in [-0.2, -0.15) is 0 Å². The van der Waals surface area contributed by atoms with E-state index in [1.165, 1.54) is 10.5 Å². The molecule has 2 N–H and O–H groups in total. The van der Waals surface area contributed by atoms with E-state index in [1.807, 2.05) is 13.8 Å². The lowest BCUT2D eigenvalue weighted by atomic mass is 10.1. The number of rotatable bonds is 4. The minimum Gasteiger partial charge on any atom is -0.368 e. The van der Waals surface area contributed by atoms with E-state index >= 15 is 0 Å². The number of amides is 2. The third-order valence-corrected chi connectivity index (χ3v) is 3.46. The molecule has 0 saturated heterocycles. The van der Waals surface area contributed by atoms with Gasteiger partial charge in [0, 0.05) is 7.05 Å². The van der Waals surface area contributed by atoms with Gasteiger partial charge < -0.3 is 10.6 Å². The quantitative estimate of drug-likeness (QED) is 0.747. The zero-order valence-corrected chi connectivity index (χ0v) is 11.3. The number of primary amides is 1. The smallest absolute Gasteiger partial charge is 0.237 e. The molecule has 1 rings (SSSR count). The fraction of sp³-hybridized carbons (Fsp3) is 0.692. The van der Waals surface area contributed by atoms with Gasteiger partial charge in [-0.25, -0.2) is 0 Å². The summed E-state index contributed by atoms with van der Waals surface area (Å²) in [6, 6.07) is 0. The molecule has 17 heavy (non-hydrogen) atoms. The number of likely N-dealkylation sites (N-methyl/N-ethyl adjacent to an activating group) is 1. The first kappa shape index (κ1) is 13.7. The second-order valence-electron chi connectivity index (χ2n) is 5.73. The molecule has 1 fully saturated rings. The van der Waals surface area contributed by atoms with Crippen LogP contribution in [0.25, 0.3) is 0 Å². The molecule has 1 aliphatic rings. The molecule has 2 amide bonds. The summed E-state index contributed by atoms with van der Waals surface area (Å²) < 4.78 is 0. The Bertz CT molecular complexity index is 368. The molecule has 0 unspecified atom stereocenters. The van der Waals surface area contributed by atoms with E-state index in [9.17, 15) is 9.59 Å². The number of allylic oxidation sites excluding steroid dienone is 2. The van der Waals surface area contributed by atoms with E-state index in [0.717, 1.165) is 0 Å². The second kappa shape index (κ2) is 4.51. The first-order chi connectivity index (χ1) is 7.67. The summed E-state index contributed by atoms with van der Waals surface area (Å²) in [5.74, 6) is -0.216. The van der Waals surface area contributed by atoms with E-state index < -0.39 is 5.91 Å². The molecule has 0 aromatic heterocycles. The molecule has 2 atom stereocenters. The van der Waals surface area contributed by atoms with Crippen LogP contribution < -0.4 is 5.73 Å². The summed E-state index contributed by atoms with van der Waals surface area (Å²) in [6.07, 6.45) is 2.14. The fourth-order valence-electron chi connectivity index (χ4n) is 2.37. The van der Waals surface area contributed by atoms with Crippen LogP contribution in [0.15, 0.2) is 11.6 Å². The number of hydrogen-bond acceptors (Lipinski definition) is 2. The Kier molecular flexibility index (Phi) is 3.65. The van der Waals surface area contributed by atoms with Crippen LogP contribution in [0.2, 0.25) is 0 Å². The van der Waals surface area contributed by atoms with Crippen molar-refractivity contribution in [3.05, 3.63) is 11.6 Å². The number of carbonyl (C=O) groups is 2. The Morgan fingerprint density at radius 1 is 1.35 bits per heavy atom. The maximum atomic E-state index is 12.1. The van der Waals surface area contributed by atoms with Crippen LogP contribution in [0.5, 0.6) is 0 Å². The lowest BCUT2D eigenvalue weighted by Crippen LogP contribution is -2.37. The van der Waals surface area contributed by atoms with Gasteiger partial charge in [-0.05, 0) is 25.2 Å². The molecule has 4 nitrogen and oxygen atoms in total. The zero-order valence-electron chi connectivity index (χ0n) is 11.3. The Labute approximate surface area is 103 Å². The maximum Gasteiger partial charge on any atom is 0.237 e.